The smallest absolute Gasteiger partial charge is 0.185 e. The molecule has 0 atom stereocenters. The Bertz CT molecular complexity index is 5030. The Labute approximate surface area is 712 Å². The number of fused-ring (bicyclic) bond motifs is 1. The molecule has 0 radical (unpaired) electrons. The number of anilines is 1. The van der Waals surface area contributed by atoms with Gasteiger partial charge in [-0.2, -0.15) is 0 Å². The summed E-state index contributed by atoms with van der Waals surface area (Å²) in [4.78, 5) is 14.6. The zero-order valence-corrected chi connectivity index (χ0v) is 70.7. The molecule has 0 unspecified atom stereocenters. The fraction of sp³-hybridized carbons (Fsp3) is 0.259. The molecule has 0 saturated carbocycles. The number of allylic oxidation sites excluding steroid dienone is 1. The Kier molecular flexibility index (Phi) is 91.1. The predicted octanol–water partition coefficient (Wildman–Crippen LogP) is 6.43. The van der Waals surface area contributed by atoms with Crippen LogP contribution in [0, 0.1) is 414 Å². The number of quaternary nitrogens is 1. The van der Waals surface area contributed by atoms with E-state index in [1.165, 1.54) is 75.1 Å². The van der Waals surface area contributed by atoms with Crippen LogP contribution in [0.2, 0.25) is 0 Å². The molecule has 1 aromatic rings. The minimum Gasteiger partial charge on any atom is -0.392 e. The number of hydrogen-bond donors (Lipinski definition) is 4. The highest BCUT2D eigenvalue weighted by Crippen LogP contribution is 2.22. The Morgan fingerprint density at radius 1 is 0.331 bits per heavy atom. The lowest BCUT2D eigenvalue weighted by Gasteiger charge is -2.37. The molecule has 0 spiro atoms. The SMILES string of the molecule is C=C(C)NC.CC#CC#CC#CC#CC#CC#CC#CC.CC#CC#CC#CC#CC#CC#CC#CC.CC#CC#CC#CC#CC#CC#CC#CC.CC#CC#CC#CC#CC#CC#CC#CC.CC#CC#CC#CC#CC#CC#CC#CC.CN1CCN(C)CC1.CN1CC[N+](C)(C)CC1.CN=C(N)N.CN=C1Cc2ccccc2N1. The van der Waals surface area contributed by atoms with Gasteiger partial charge in [-0.15, -0.1) is 0 Å². The van der Waals surface area contributed by atoms with Crippen LogP contribution in [0.1, 0.15) is 81.7 Å². The van der Waals surface area contributed by atoms with Gasteiger partial charge in [0, 0.05) is 72.5 Å². The van der Waals surface area contributed by atoms with E-state index in [0.29, 0.717) is 0 Å². The van der Waals surface area contributed by atoms with Crippen molar-refractivity contribution < 1.29 is 4.48 Å². The molecule has 4 rings (SSSR count). The lowest BCUT2D eigenvalue weighted by Crippen LogP contribution is -2.53. The Morgan fingerprint density at radius 3 is 0.627 bits per heavy atom. The second-order valence-corrected chi connectivity index (χ2v) is 20.6. The lowest BCUT2D eigenvalue weighted by molar-refractivity contribution is -0.894. The van der Waals surface area contributed by atoms with Crippen molar-refractivity contribution >= 4 is 17.5 Å². The molecule has 0 amide bonds. The summed E-state index contributed by atoms with van der Waals surface area (Å²) in [5.74, 6) is 179. The fourth-order valence-electron chi connectivity index (χ4n) is 5.51. The van der Waals surface area contributed by atoms with Gasteiger partial charge in [-0.3, -0.25) is 14.9 Å². The summed E-state index contributed by atoms with van der Waals surface area (Å²) in [7, 11) is 16.3. The minimum atomic E-state index is 0.130. The molecule has 3 aliphatic rings. The van der Waals surface area contributed by atoms with Crippen LogP contribution in [0.25, 0.3) is 0 Å². The molecule has 6 N–H and O–H groups in total. The maximum Gasteiger partial charge on any atom is 0.185 e. The topological polar surface area (TPSA) is 111 Å². The number of rotatable bonds is 1. The maximum atomic E-state index is 4.82. The van der Waals surface area contributed by atoms with E-state index in [2.05, 4.69) is 510 Å². The molecular formula is C108H87N10+. The van der Waals surface area contributed by atoms with Gasteiger partial charge in [0.15, 0.2) is 5.96 Å². The molecule has 10 heteroatoms. The van der Waals surface area contributed by atoms with Gasteiger partial charge in [0.1, 0.15) is 5.84 Å². The first-order chi connectivity index (χ1) is 57.4. The minimum absolute atomic E-state index is 0.130. The van der Waals surface area contributed by atoms with Crippen LogP contribution < -0.4 is 22.1 Å². The molecule has 2 fully saturated rings. The number of nitrogens with zero attached hydrogens (tertiary/aromatic N) is 6. The first-order valence-corrected chi connectivity index (χ1v) is 34.6. The van der Waals surface area contributed by atoms with Crippen molar-refractivity contribution in [3.05, 3.63) is 42.1 Å². The van der Waals surface area contributed by atoms with Gasteiger partial charge in [-0.05, 0) is 470 Å². The van der Waals surface area contributed by atoms with Crippen LogP contribution in [0.15, 0.2) is 46.5 Å². The normalized spacial score (nSPS) is 8.82. The number of amidine groups is 1. The number of para-hydroxylation sites is 1. The molecule has 118 heavy (non-hydrogen) atoms. The largest absolute Gasteiger partial charge is 0.392 e. The standard InChI is InChI=1S/5C16H6.C9H10N2.C7H17N2.C6H14N2.C4H9N.C2H7N3/c5*1-3-5-7-9-11-13-15-16-14-12-10-8-6-4-2;1-10-9-6-7-4-2-3-5-8(7)11-9;1-8-4-6-9(2,3)7-5-8;1-7-3-5-8(2)6-4-7;1-4(2)5-3;1-5-2(3)4/h5*1-2H3;2-5H,6H2,1H3,(H,10,11);4-7H2,1-3H3;3-6H2,1-2H3;5H,1H2,2-3H3;1H3,(H4,3,4,5)/q;;;;;;+1;;;. The first-order valence-electron chi connectivity index (χ1n) is 34.6. The van der Waals surface area contributed by atoms with E-state index >= 15 is 0 Å². The van der Waals surface area contributed by atoms with Gasteiger partial charge in [-0.1, -0.05) is 84.0 Å². The molecule has 0 bridgehead atoms. The second kappa shape index (κ2) is 97.0. The fourth-order valence-corrected chi connectivity index (χ4v) is 5.51. The summed E-state index contributed by atoms with van der Waals surface area (Å²) >= 11 is 0. The Hall–Kier alpha value is -18.1. The lowest BCUT2D eigenvalue weighted by atomic mass is 10.2. The van der Waals surface area contributed by atoms with Crippen LogP contribution in [-0.2, 0) is 6.42 Å². The summed E-state index contributed by atoms with van der Waals surface area (Å²) in [6.07, 6.45) is 0.951. The molecular weight excluding hydrogens is 1440 g/mol. The number of benzene rings is 1. The molecule has 3 aliphatic heterocycles. The number of likely N-dealkylation sites (N-methyl/N-ethyl adjacent to an activating group) is 4. The number of nitrogens with two attached hydrogens (primary N) is 2. The molecule has 3 heterocycles. The van der Waals surface area contributed by atoms with E-state index in [4.69, 9.17) is 11.5 Å². The zero-order chi connectivity index (χ0) is 88.6. The monoisotopic (exact) mass is 1520 g/mol. The van der Waals surface area contributed by atoms with Crippen molar-refractivity contribution in [3.63, 3.8) is 0 Å². The zero-order valence-electron chi connectivity index (χ0n) is 70.7. The van der Waals surface area contributed by atoms with Crippen molar-refractivity contribution in [2.24, 2.45) is 21.5 Å². The maximum absolute atomic E-state index is 4.82. The average molecular weight is 1520 g/mol. The quantitative estimate of drug-likeness (QED) is 0.111. The van der Waals surface area contributed by atoms with Crippen molar-refractivity contribution in [2.75, 3.05) is 114 Å². The van der Waals surface area contributed by atoms with Crippen molar-refractivity contribution in [2.45, 2.75) is 82.6 Å². The Morgan fingerprint density at radius 2 is 0.492 bits per heavy atom. The first kappa shape index (κ1) is 111. The summed E-state index contributed by atoms with van der Waals surface area (Å²) in [6, 6.07) is 8.29. The van der Waals surface area contributed by atoms with E-state index in [0.717, 1.165) is 18.0 Å². The summed E-state index contributed by atoms with van der Waals surface area (Å²) in [6.45, 7) is 32.6. The number of nitrogens with one attached hydrogen (secondary N) is 2. The third kappa shape index (κ3) is 104. The van der Waals surface area contributed by atoms with Crippen LogP contribution in [0.3, 0.4) is 0 Å². The third-order valence-corrected chi connectivity index (χ3v) is 11.2. The van der Waals surface area contributed by atoms with Crippen molar-refractivity contribution in [3.8, 4) is 414 Å². The summed E-state index contributed by atoms with van der Waals surface area (Å²) in [5, 5.41) is 6.07. The highest BCUT2D eigenvalue weighted by molar-refractivity contribution is 6.02. The predicted molar refractivity (Wildman–Crippen MR) is 496 cm³/mol. The molecule has 1 aromatic carbocycles. The number of hydrogen-bond acceptors (Lipinski definition) is 6. The van der Waals surface area contributed by atoms with Crippen LogP contribution in [0.5, 0.6) is 0 Å². The summed E-state index contributed by atoms with van der Waals surface area (Å²) < 4.78 is 1.20. The Balaban J connectivity index is -0.000000301. The van der Waals surface area contributed by atoms with E-state index in [1.54, 1.807) is 69.2 Å². The molecule has 0 aliphatic carbocycles. The highest BCUT2D eigenvalue weighted by atomic mass is 15.4. The van der Waals surface area contributed by atoms with E-state index in [-0.39, 0.29) is 5.96 Å². The number of guanidine groups is 1. The number of piperazine rings is 2. The third-order valence-electron chi connectivity index (χ3n) is 11.2. The molecule has 10 nitrogen and oxygen atoms in total. The van der Waals surface area contributed by atoms with Gasteiger partial charge < -0.3 is 36.4 Å². The van der Waals surface area contributed by atoms with Crippen molar-refractivity contribution in [1.29, 1.82) is 0 Å². The van der Waals surface area contributed by atoms with Gasteiger partial charge in [0.2, 0.25) is 0 Å². The van der Waals surface area contributed by atoms with Gasteiger partial charge in [0.25, 0.3) is 0 Å². The van der Waals surface area contributed by atoms with E-state index < -0.39 is 0 Å². The van der Waals surface area contributed by atoms with Crippen LogP contribution in [0.4, 0.5) is 5.69 Å². The van der Waals surface area contributed by atoms with Gasteiger partial charge in [0.05, 0.1) is 27.2 Å². The second-order valence-electron chi connectivity index (χ2n) is 20.6. The molecule has 0 aromatic heterocycles. The van der Waals surface area contributed by atoms with Gasteiger partial charge in [-0.25, -0.2) is 0 Å². The molecule has 2 saturated heterocycles. The van der Waals surface area contributed by atoms with E-state index in [9.17, 15) is 0 Å². The highest BCUT2D eigenvalue weighted by Gasteiger charge is 2.21. The van der Waals surface area contributed by atoms with E-state index in [1.807, 2.05) is 27.1 Å². The summed E-state index contributed by atoms with van der Waals surface area (Å²) in [5.41, 5.74) is 13.2. The van der Waals surface area contributed by atoms with Gasteiger partial charge >= 0.3 is 0 Å². The molecule has 568 valence electrons. The average Bonchev–Trinajstić information content (AvgIpc) is 1.70. The van der Waals surface area contributed by atoms with Crippen LogP contribution >= 0.6 is 0 Å². The van der Waals surface area contributed by atoms with Crippen molar-refractivity contribution in [1.82, 2.24) is 20.0 Å². The van der Waals surface area contributed by atoms with Crippen LogP contribution in [-0.4, -0.2) is 140 Å². The number of aliphatic imine (C=N–C) groups is 2.